The summed E-state index contributed by atoms with van der Waals surface area (Å²) in [6.45, 7) is 4.24. The van der Waals surface area contributed by atoms with Gasteiger partial charge in [-0.15, -0.1) is 0 Å². The lowest BCUT2D eigenvalue weighted by molar-refractivity contribution is -0.297. The van der Waals surface area contributed by atoms with Crippen molar-refractivity contribution in [1.29, 1.82) is 0 Å². The molecule has 0 aromatic heterocycles. The second kappa shape index (κ2) is 3.42. The van der Waals surface area contributed by atoms with Crippen LogP contribution in [0.5, 0.6) is 5.75 Å². The van der Waals surface area contributed by atoms with Gasteiger partial charge in [-0.25, -0.2) is 0 Å². The van der Waals surface area contributed by atoms with Gasteiger partial charge < -0.3 is 14.6 Å². The molecule has 0 radical (unpaired) electrons. The summed E-state index contributed by atoms with van der Waals surface area (Å²) in [7, 11) is 0. The average Bonchev–Trinajstić information content (AvgIpc) is 2.46. The predicted octanol–water partition coefficient (Wildman–Crippen LogP) is 0.829. The molecule has 1 aliphatic rings. The summed E-state index contributed by atoms with van der Waals surface area (Å²) in [5.41, 5.74) is 3.73. The van der Waals surface area contributed by atoms with Crippen LogP contribution in [0.4, 0.5) is 0 Å². The lowest BCUT2D eigenvalue weighted by atomic mass is 9.99. The molecule has 2 rings (SSSR count). The maximum Gasteiger partial charge on any atom is 0.127 e. The van der Waals surface area contributed by atoms with E-state index in [0.717, 1.165) is 28.5 Å². The Morgan fingerprint density at radius 3 is 2.87 bits per heavy atom. The van der Waals surface area contributed by atoms with Crippen LogP contribution in [-0.2, 0) is 4.79 Å². The van der Waals surface area contributed by atoms with Gasteiger partial charge in [0, 0.05) is 11.1 Å². The van der Waals surface area contributed by atoms with E-state index >= 15 is 0 Å². The summed E-state index contributed by atoms with van der Waals surface area (Å²) in [4.78, 5) is 10.5. The monoisotopic (exact) mass is 203 g/mol. The van der Waals surface area contributed by atoms with Crippen LogP contribution in [0, 0.1) is 13.8 Å². The number of aryl methyl sites for hydroxylation is 2. The van der Waals surface area contributed by atoms with Crippen LogP contribution in [0.25, 0.3) is 5.57 Å². The van der Waals surface area contributed by atoms with E-state index < -0.39 is 5.97 Å². The van der Waals surface area contributed by atoms with Crippen LogP contribution < -0.4 is 9.84 Å². The van der Waals surface area contributed by atoms with Gasteiger partial charge in [-0.3, -0.25) is 0 Å². The highest BCUT2D eigenvalue weighted by molar-refractivity contribution is 5.92. The van der Waals surface area contributed by atoms with Crippen molar-refractivity contribution in [3.05, 3.63) is 34.9 Å². The molecule has 0 unspecified atom stereocenters. The van der Waals surface area contributed by atoms with Gasteiger partial charge in [0.1, 0.15) is 12.4 Å². The van der Waals surface area contributed by atoms with E-state index in [1.54, 1.807) is 0 Å². The molecular weight excluding hydrogens is 192 g/mol. The number of hydrogen-bond acceptors (Lipinski definition) is 3. The van der Waals surface area contributed by atoms with Crippen molar-refractivity contribution in [1.82, 2.24) is 0 Å². The second-order valence-electron chi connectivity index (χ2n) is 3.73. The Labute approximate surface area is 88.0 Å². The van der Waals surface area contributed by atoms with E-state index in [9.17, 15) is 9.90 Å². The number of benzene rings is 1. The van der Waals surface area contributed by atoms with Gasteiger partial charge in [0.15, 0.2) is 0 Å². The number of carbonyl (C=O) groups is 1. The van der Waals surface area contributed by atoms with E-state index in [1.807, 2.05) is 26.0 Å². The van der Waals surface area contributed by atoms with Crippen molar-refractivity contribution in [3.8, 4) is 5.75 Å². The number of carboxylic acids is 1. The zero-order chi connectivity index (χ0) is 11.0. The largest absolute Gasteiger partial charge is 0.545 e. The normalized spacial score (nSPS) is 16.3. The number of ether oxygens (including phenoxy) is 1. The molecule has 3 heteroatoms. The maximum atomic E-state index is 10.5. The first-order valence-corrected chi connectivity index (χ1v) is 4.74. The molecule has 15 heavy (non-hydrogen) atoms. The van der Waals surface area contributed by atoms with Crippen molar-refractivity contribution in [2.75, 3.05) is 6.61 Å². The van der Waals surface area contributed by atoms with Crippen molar-refractivity contribution < 1.29 is 14.6 Å². The molecule has 0 aliphatic carbocycles. The van der Waals surface area contributed by atoms with Crippen molar-refractivity contribution in [3.63, 3.8) is 0 Å². The maximum absolute atomic E-state index is 10.5. The van der Waals surface area contributed by atoms with E-state index in [-0.39, 0.29) is 0 Å². The van der Waals surface area contributed by atoms with Gasteiger partial charge in [0.05, 0.1) is 5.97 Å². The SMILES string of the molecule is Cc1cc(C)c2c(c1)OCC2=CC(=O)[O-]. The average molecular weight is 203 g/mol. The molecule has 1 aliphatic heterocycles. The lowest BCUT2D eigenvalue weighted by Crippen LogP contribution is -2.19. The highest BCUT2D eigenvalue weighted by Crippen LogP contribution is 2.36. The molecule has 0 N–H and O–H groups in total. The summed E-state index contributed by atoms with van der Waals surface area (Å²) in [6, 6.07) is 3.93. The zero-order valence-electron chi connectivity index (χ0n) is 8.66. The molecule has 0 spiro atoms. The Balaban J connectivity index is 2.56. The molecule has 1 aromatic rings. The number of aliphatic carboxylic acids is 1. The first-order valence-electron chi connectivity index (χ1n) is 4.74. The molecule has 3 nitrogen and oxygen atoms in total. The molecule has 0 atom stereocenters. The van der Waals surface area contributed by atoms with Gasteiger partial charge in [0.25, 0.3) is 0 Å². The van der Waals surface area contributed by atoms with Crippen LogP contribution >= 0.6 is 0 Å². The second-order valence-corrected chi connectivity index (χ2v) is 3.73. The molecule has 0 amide bonds. The van der Waals surface area contributed by atoms with Crippen LogP contribution in [0.3, 0.4) is 0 Å². The third-order valence-corrected chi connectivity index (χ3v) is 2.44. The van der Waals surface area contributed by atoms with Gasteiger partial charge in [-0.1, -0.05) is 6.07 Å². The van der Waals surface area contributed by atoms with Gasteiger partial charge >= 0.3 is 0 Å². The highest BCUT2D eigenvalue weighted by atomic mass is 16.5. The Morgan fingerprint density at radius 1 is 1.47 bits per heavy atom. The summed E-state index contributed by atoms with van der Waals surface area (Å²) in [5, 5.41) is 10.5. The number of hydrogen-bond donors (Lipinski definition) is 0. The van der Waals surface area contributed by atoms with E-state index in [2.05, 4.69) is 0 Å². The van der Waals surface area contributed by atoms with E-state index in [4.69, 9.17) is 4.74 Å². The number of carboxylic acid groups (broad SMARTS) is 1. The minimum Gasteiger partial charge on any atom is -0.545 e. The summed E-state index contributed by atoms with van der Waals surface area (Å²) < 4.78 is 5.41. The highest BCUT2D eigenvalue weighted by Gasteiger charge is 2.19. The third-order valence-electron chi connectivity index (χ3n) is 2.44. The van der Waals surface area contributed by atoms with Crippen LogP contribution in [0.15, 0.2) is 18.2 Å². The fraction of sp³-hybridized carbons (Fsp3) is 0.250. The van der Waals surface area contributed by atoms with Crippen LogP contribution in [-0.4, -0.2) is 12.6 Å². The lowest BCUT2D eigenvalue weighted by Gasteiger charge is -2.05. The summed E-state index contributed by atoms with van der Waals surface area (Å²) in [5.74, 6) is -0.415. The molecule has 0 saturated heterocycles. The molecule has 1 aromatic carbocycles. The quantitative estimate of drug-likeness (QED) is 0.635. The Hall–Kier alpha value is -1.77. The zero-order valence-corrected chi connectivity index (χ0v) is 8.66. The van der Waals surface area contributed by atoms with Crippen molar-refractivity contribution in [2.24, 2.45) is 0 Å². The topological polar surface area (TPSA) is 49.4 Å². The van der Waals surface area contributed by atoms with Gasteiger partial charge in [-0.2, -0.15) is 0 Å². The first-order chi connectivity index (χ1) is 7.08. The molecule has 0 bridgehead atoms. The standard InChI is InChI=1S/C12H12O3/c1-7-3-8(2)12-9(5-11(13)14)6-15-10(12)4-7/h3-5H,6H2,1-2H3,(H,13,14)/p-1. The van der Waals surface area contributed by atoms with Crippen molar-refractivity contribution >= 4 is 11.5 Å². The number of carbonyl (C=O) groups excluding carboxylic acids is 1. The van der Waals surface area contributed by atoms with Gasteiger partial charge in [-0.05, 0) is 37.1 Å². The first kappa shape index (κ1) is 9.77. The van der Waals surface area contributed by atoms with Crippen molar-refractivity contribution in [2.45, 2.75) is 13.8 Å². The number of rotatable bonds is 1. The van der Waals surface area contributed by atoms with Gasteiger partial charge in [0.2, 0.25) is 0 Å². The Morgan fingerprint density at radius 2 is 2.20 bits per heavy atom. The minimum atomic E-state index is -1.18. The Kier molecular flexibility index (Phi) is 2.23. The fourth-order valence-electron chi connectivity index (χ4n) is 1.94. The molecule has 0 fully saturated rings. The van der Waals surface area contributed by atoms with E-state index in [1.165, 1.54) is 0 Å². The fourth-order valence-corrected chi connectivity index (χ4v) is 1.94. The number of fused-ring (bicyclic) bond motifs is 1. The summed E-state index contributed by atoms with van der Waals surface area (Å²) >= 11 is 0. The molecule has 78 valence electrons. The van der Waals surface area contributed by atoms with Crippen LogP contribution in [0.1, 0.15) is 16.7 Å². The molecule has 1 heterocycles. The van der Waals surface area contributed by atoms with Crippen LogP contribution in [0.2, 0.25) is 0 Å². The smallest absolute Gasteiger partial charge is 0.127 e. The third kappa shape index (κ3) is 1.73. The predicted molar refractivity (Wildman–Crippen MR) is 54.4 cm³/mol. The molecule has 0 saturated carbocycles. The summed E-state index contributed by atoms with van der Waals surface area (Å²) in [6.07, 6.45) is 1.11. The minimum absolute atomic E-state index is 0.313. The Bertz CT molecular complexity index is 458. The molecular formula is C12H11O3-. The van der Waals surface area contributed by atoms with E-state index in [0.29, 0.717) is 12.2 Å².